The number of aryl methyl sites for hydroxylation is 1. The molecule has 0 spiro atoms. The van der Waals surface area contributed by atoms with E-state index < -0.39 is 0 Å². The molecular formula is C35H47NO4. The molecule has 0 N–H and O–H groups in total. The van der Waals surface area contributed by atoms with Crippen LogP contribution in [0.4, 0.5) is 0 Å². The predicted octanol–water partition coefficient (Wildman–Crippen LogP) is 8.93. The van der Waals surface area contributed by atoms with Crippen molar-refractivity contribution in [2.75, 3.05) is 13.2 Å². The Balaban J connectivity index is 1.83. The highest BCUT2D eigenvalue weighted by Gasteiger charge is 2.19. The molecule has 1 heterocycles. The van der Waals surface area contributed by atoms with Crippen molar-refractivity contribution >= 4 is 10.9 Å². The van der Waals surface area contributed by atoms with Crippen molar-refractivity contribution in [3.05, 3.63) is 87.7 Å². The van der Waals surface area contributed by atoms with Crippen LogP contribution < -0.4 is 19.8 Å². The molecule has 3 rings (SSSR count). The summed E-state index contributed by atoms with van der Waals surface area (Å²) in [5.41, 5.74) is 4.23. The van der Waals surface area contributed by atoms with Gasteiger partial charge in [0.2, 0.25) is 5.75 Å². The molecule has 0 aliphatic heterocycles. The molecule has 2 aromatic carbocycles. The Labute approximate surface area is 240 Å². The first kappa shape index (κ1) is 31.1. The maximum absolute atomic E-state index is 13.5. The SMILES string of the molecule is CCCCCCCCOc1c(OC/C=C(\C)CCC=C(C)C)c2ccc(OCc3ccccc3)cc2n(C)c1=O. The standard InChI is InChI=1S/C35H47NO4/c1-6-7-8-9-10-14-23-38-34-33(39-24-22-28(4)17-15-16-27(2)3)31-21-20-30(25-32(31)36(5)35(34)37)40-26-29-18-12-11-13-19-29/h11-13,16,18-22,25H,6-10,14-15,17,23-24,26H2,1-5H3/b28-22+. The fraction of sp³-hybridized carbons (Fsp3) is 0.457. The third-order valence-electron chi connectivity index (χ3n) is 7.02. The second kappa shape index (κ2) is 16.6. The lowest BCUT2D eigenvalue weighted by molar-refractivity contribution is 0.272. The van der Waals surface area contributed by atoms with E-state index in [1.54, 1.807) is 11.6 Å². The molecule has 0 aliphatic rings. The molecule has 0 atom stereocenters. The molecule has 0 saturated heterocycles. The summed E-state index contributed by atoms with van der Waals surface area (Å²) < 4.78 is 20.1. The zero-order valence-corrected chi connectivity index (χ0v) is 25.1. The highest BCUT2D eigenvalue weighted by molar-refractivity contribution is 5.89. The van der Waals surface area contributed by atoms with Gasteiger partial charge in [-0.3, -0.25) is 4.79 Å². The van der Waals surface area contributed by atoms with Gasteiger partial charge in [-0.05, 0) is 63.8 Å². The molecule has 216 valence electrons. The lowest BCUT2D eigenvalue weighted by atomic mass is 10.1. The van der Waals surface area contributed by atoms with Gasteiger partial charge in [0.05, 0.1) is 12.1 Å². The van der Waals surface area contributed by atoms with Gasteiger partial charge in [0.25, 0.3) is 5.56 Å². The Kier molecular flexibility index (Phi) is 12.9. The second-order valence-corrected chi connectivity index (χ2v) is 10.8. The fourth-order valence-corrected chi connectivity index (χ4v) is 4.58. The topological polar surface area (TPSA) is 49.7 Å². The molecule has 3 aromatic rings. The van der Waals surface area contributed by atoms with Crippen molar-refractivity contribution in [3.63, 3.8) is 0 Å². The van der Waals surface area contributed by atoms with Crippen molar-refractivity contribution in [3.8, 4) is 17.2 Å². The monoisotopic (exact) mass is 545 g/mol. The van der Waals surface area contributed by atoms with Gasteiger partial charge < -0.3 is 18.8 Å². The average molecular weight is 546 g/mol. The van der Waals surface area contributed by atoms with E-state index in [9.17, 15) is 4.79 Å². The fourth-order valence-electron chi connectivity index (χ4n) is 4.58. The molecule has 0 amide bonds. The number of aromatic nitrogens is 1. The number of nitrogens with zero attached hydrogens (tertiary/aromatic N) is 1. The molecule has 5 heteroatoms. The van der Waals surface area contributed by atoms with Crippen LogP contribution in [-0.4, -0.2) is 17.8 Å². The third-order valence-corrected chi connectivity index (χ3v) is 7.02. The van der Waals surface area contributed by atoms with Gasteiger partial charge >= 0.3 is 0 Å². The average Bonchev–Trinajstić information content (AvgIpc) is 2.95. The van der Waals surface area contributed by atoms with Crippen LogP contribution in [-0.2, 0) is 13.7 Å². The van der Waals surface area contributed by atoms with E-state index in [0.29, 0.717) is 31.3 Å². The Morgan fingerprint density at radius 1 is 0.850 bits per heavy atom. The highest BCUT2D eigenvalue weighted by atomic mass is 16.5. The van der Waals surface area contributed by atoms with Crippen LogP contribution in [0, 0.1) is 0 Å². The summed E-state index contributed by atoms with van der Waals surface area (Å²) >= 11 is 0. The molecule has 0 aliphatic carbocycles. The zero-order chi connectivity index (χ0) is 28.7. The van der Waals surface area contributed by atoms with Crippen molar-refractivity contribution < 1.29 is 14.2 Å². The summed E-state index contributed by atoms with van der Waals surface area (Å²) in [7, 11) is 1.78. The minimum absolute atomic E-state index is 0.196. The van der Waals surface area contributed by atoms with E-state index in [0.717, 1.165) is 42.1 Å². The second-order valence-electron chi connectivity index (χ2n) is 10.8. The Morgan fingerprint density at radius 2 is 1.60 bits per heavy atom. The van der Waals surface area contributed by atoms with Crippen LogP contribution in [0.25, 0.3) is 10.9 Å². The molecule has 0 fully saturated rings. The number of allylic oxidation sites excluding steroid dienone is 3. The number of benzene rings is 2. The largest absolute Gasteiger partial charge is 0.489 e. The van der Waals surface area contributed by atoms with Crippen LogP contribution >= 0.6 is 0 Å². The van der Waals surface area contributed by atoms with Gasteiger partial charge in [-0.15, -0.1) is 0 Å². The van der Waals surface area contributed by atoms with Gasteiger partial charge in [0.15, 0.2) is 5.75 Å². The first-order valence-electron chi connectivity index (χ1n) is 14.8. The number of unbranched alkanes of at least 4 members (excludes halogenated alkanes) is 5. The Bertz CT molecular complexity index is 1320. The van der Waals surface area contributed by atoms with Crippen molar-refractivity contribution in [1.82, 2.24) is 4.57 Å². The molecule has 0 bridgehead atoms. The lowest BCUT2D eigenvalue weighted by Gasteiger charge is -2.17. The number of ether oxygens (including phenoxy) is 3. The minimum atomic E-state index is -0.196. The number of hydrogen-bond donors (Lipinski definition) is 0. The number of pyridine rings is 1. The van der Waals surface area contributed by atoms with Gasteiger partial charge in [-0.1, -0.05) is 86.6 Å². The normalized spacial score (nSPS) is 11.5. The van der Waals surface area contributed by atoms with E-state index in [1.807, 2.05) is 48.5 Å². The zero-order valence-electron chi connectivity index (χ0n) is 25.1. The van der Waals surface area contributed by atoms with E-state index in [-0.39, 0.29) is 11.3 Å². The van der Waals surface area contributed by atoms with Gasteiger partial charge in [0.1, 0.15) is 19.0 Å². The predicted molar refractivity (Wildman–Crippen MR) is 167 cm³/mol. The molecule has 40 heavy (non-hydrogen) atoms. The smallest absolute Gasteiger partial charge is 0.297 e. The summed E-state index contributed by atoms with van der Waals surface area (Å²) in [4.78, 5) is 13.5. The van der Waals surface area contributed by atoms with Crippen LogP contribution in [0.5, 0.6) is 17.2 Å². The summed E-state index contributed by atoms with van der Waals surface area (Å²) in [6.45, 7) is 9.92. The molecule has 0 unspecified atom stereocenters. The van der Waals surface area contributed by atoms with Gasteiger partial charge in [-0.25, -0.2) is 0 Å². The summed E-state index contributed by atoms with van der Waals surface area (Å²) in [5.74, 6) is 1.50. The first-order chi connectivity index (χ1) is 19.4. The van der Waals surface area contributed by atoms with E-state index >= 15 is 0 Å². The highest BCUT2D eigenvalue weighted by Crippen LogP contribution is 2.35. The van der Waals surface area contributed by atoms with Crippen LogP contribution in [0.2, 0.25) is 0 Å². The first-order valence-corrected chi connectivity index (χ1v) is 14.8. The molecule has 1 aromatic heterocycles. The third kappa shape index (κ3) is 9.62. The summed E-state index contributed by atoms with van der Waals surface area (Å²) in [6.07, 6.45) is 13.3. The summed E-state index contributed by atoms with van der Waals surface area (Å²) in [6, 6.07) is 15.9. The van der Waals surface area contributed by atoms with E-state index in [2.05, 4.69) is 39.8 Å². The maximum atomic E-state index is 13.5. The summed E-state index contributed by atoms with van der Waals surface area (Å²) in [5, 5.41) is 0.836. The molecule has 0 radical (unpaired) electrons. The van der Waals surface area contributed by atoms with Crippen molar-refractivity contribution in [2.45, 2.75) is 85.7 Å². The number of hydrogen-bond acceptors (Lipinski definition) is 4. The Hall–Kier alpha value is -3.47. The van der Waals surface area contributed by atoms with E-state index in [4.69, 9.17) is 14.2 Å². The van der Waals surface area contributed by atoms with Crippen LogP contribution in [0.3, 0.4) is 0 Å². The van der Waals surface area contributed by atoms with Crippen molar-refractivity contribution in [2.24, 2.45) is 7.05 Å². The van der Waals surface area contributed by atoms with Gasteiger partial charge in [-0.2, -0.15) is 0 Å². The van der Waals surface area contributed by atoms with Crippen LogP contribution in [0.1, 0.15) is 84.6 Å². The van der Waals surface area contributed by atoms with Gasteiger partial charge in [0, 0.05) is 18.5 Å². The lowest BCUT2D eigenvalue weighted by Crippen LogP contribution is -2.21. The minimum Gasteiger partial charge on any atom is -0.489 e. The Morgan fingerprint density at radius 3 is 2.35 bits per heavy atom. The molecule has 0 saturated carbocycles. The quantitative estimate of drug-likeness (QED) is 0.125. The molecule has 5 nitrogen and oxygen atoms in total. The number of rotatable bonds is 17. The van der Waals surface area contributed by atoms with Crippen molar-refractivity contribution in [1.29, 1.82) is 0 Å². The maximum Gasteiger partial charge on any atom is 0.297 e. The molecular weight excluding hydrogens is 498 g/mol. The van der Waals surface area contributed by atoms with Crippen LogP contribution in [0.15, 0.2) is 76.6 Å². The number of fused-ring (bicyclic) bond motifs is 1. The van der Waals surface area contributed by atoms with E-state index in [1.165, 1.54) is 36.8 Å².